The number of carbonyl (C=O) groups excluding carboxylic acids is 1. The lowest BCUT2D eigenvalue weighted by Gasteiger charge is -2.15. The van der Waals surface area contributed by atoms with Crippen molar-refractivity contribution in [3.8, 4) is 0 Å². The molecule has 10 heavy (non-hydrogen) atoms. The maximum absolute atomic E-state index is 10.9. The Bertz CT molecular complexity index is 132. The summed E-state index contributed by atoms with van der Waals surface area (Å²) in [6.07, 6.45) is 2.59. The van der Waals surface area contributed by atoms with Gasteiger partial charge in [-0.05, 0) is 18.8 Å². The van der Waals surface area contributed by atoms with Crippen LogP contribution in [0.2, 0.25) is 0 Å². The minimum Gasteiger partial charge on any atom is -0.341 e. The summed E-state index contributed by atoms with van der Waals surface area (Å²) in [6, 6.07) is 0.0203. The summed E-state index contributed by atoms with van der Waals surface area (Å²) >= 11 is 0. The van der Waals surface area contributed by atoms with Crippen molar-refractivity contribution in [3.05, 3.63) is 0 Å². The number of nitrogens with one attached hydrogen (secondary N) is 1. The van der Waals surface area contributed by atoms with Crippen LogP contribution in [0, 0.1) is 5.92 Å². The largest absolute Gasteiger partial charge is 0.341 e. The van der Waals surface area contributed by atoms with Crippen LogP contribution in [-0.4, -0.2) is 31.6 Å². The highest BCUT2D eigenvalue weighted by Crippen LogP contribution is 2.29. The van der Waals surface area contributed by atoms with Crippen molar-refractivity contribution in [1.82, 2.24) is 10.2 Å². The fourth-order valence-electron chi connectivity index (χ4n) is 0.961. The van der Waals surface area contributed by atoms with E-state index in [-0.39, 0.29) is 6.03 Å². The molecule has 0 aromatic carbocycles. The second-order valence-electron chi connectivity index (χ2n) is 2.88. The summed E-state index contributed by atoms with van der Waals surface area (Å²) in [5.41, 5.74) is 0. The Morgan fingerprint density at radius 3 is 2.70 bits per heavy atom. The Morgan fingerprint density at radius 2 is 2.30 bits per heavy atom. The van der Waals surface area contributed by atoms with Crippen LogP contribution in [-0.2, 0) is 0 Å². The van der Waals surface area contributed by atoms with Crippen molar-refractivity contribution in [1.29, 1.82) is 0 Å². The van der Waals surface area contributed by atoms with Crippen molar-refractivity contribution >= 4 is 6.03 Å². The summed E-state index contributed by atoms with van der Waals surface area (Å²) in [7, 11) is 3.49. The third-order valence-electron chi connectivity index (χ3n) is 1.79. The molecule has 3 nitrogen and oxygen atoms in total. The maximum Gasteiger partial charge on any atom is 0.316 e. The predicted octanol–water partition coefficient (Wildman–Crippen LogP) is 0.668. The van der Waals surface area contributed by atoms with E-state index in [9.17, 15) is 4.79 Å². The molecule has 58 valence electrons. The third-order valence-corrected chi connectivity index (χ3v) is 1.79. The van der Waals surface area contributed by atoms with Crippen molar-refractivity contribution in [2.45, 2.75) is 12.8 Å². The van der Waals surface area contributed by atoms with Gasteiger partial charge in [0.25, 0.3) is 0 Å². The van der Waals surface area contributed by atoms with Crippen LogP contribution in [0.25, 0.3) is 0 Å². The summed E-state index contributed by atoms with van der Waals surface area (Å²) in [5.74, 6) is 0.780. The van der Waals surface area contributed by atoms with E-state index in [1.807, 2.05) is 7.05 Å². The zero-order chi connectivity index (χ0) is 7.56. The Kier molecular flexibility index (Phi) is 2.14. The van der Waals surface area contributed by atoms with Gasteiger partial charge in [-0.1, -0.05) is 0 Å². The minimum atomic E-state index is 0.0203. The number of rotatable bonds is 2. The van der Waals surface area contributed by atoms with Gasteiger partial charge in [-0.15, -0.1) is 0 Å². The smallest absolute Gasteiger partial charge is 0.316 e. The molecule has 0 heterocycles. The Balaban J connectivity index is 2.18. The van der Waals surface area contributed by atoms with Gasteiger partial charge in [-0.2, -0.15) is 0 Å². The highest BCUT2D eigenvalue weighted by molar-refractivity contribution is 5.73. The van der Waals surface area contributed by atoms with Crippen molar-refractivity contribution in [3.63, 3.8) is 0 Å². The standard InChI is InChI=1S/C7H14N2O/c1-8-7(10)9(2)5-6-3-4-6/h6H,3-5H2,1-2H3,(H,8,10). The average Bonchev–Trinajstić information content (AvgIpc) is 2.70. The molecular weight excluding hydrogens is 128 g/mol. The van der Waals surface area contributed by atoms with Gasteiger partial charge in [0.1, 0.15) is 0 Å². The maximum atomic E-state index is 10.9. The predicted molar refractivity (Wildman–Crippen MR) is 39.8 cm³/mol. The van der Waals surface area contributed by atoms with E-state index in [1.165, 1.54) is 12.8 Å². The number of hydrogen-bond acceptors (Lipinski definition) is 1. The van der Waals surface area contributed by atoms with Crippen LogP contribution >= 0.6 is 0 Å². The van der Waals surface area contributed by atoms with Gasteiger partial charge in [0, 0.05) is 20.6 Å². The highest BCUT2D eigenvalue weighted by Gasteiger charge is 2.24. The first-order chi connectivity index (χ1) is 4.74. The lowest BCUT2D eigenvalue weighted by Crippen LogP contribution is -2.36. The second kappa shape index (κ2) is 2.90. The zero-order valence-corrected chi connectivity index (χ0v) is 6.55. The first kappa shape index (κ1) is 7.38. The van der Waals surface area contributed by atoms with E-state index in [0.717, 1.165) is 12.5 Å². The monoisotopic (exact) mass is 142 g/mol. The van der Waals surface area contributed by atoms with Crippen molar-refractivity contribution < 1.29 is 4.79 Å². The molecule has 0 spiro atoms. The lowest BCUT2D eigenvalue weighted by atomic mass is 10.4. The number of hydrogen-bond donors (Lipinski definition) is 1. The normalized spacial score (nSPS) is 16.6. The number of amides is 2. The van der Waals surface area contributed by atoms with Crippen LogP contribution in [0.5, 0.6) is 0 Å². The summed E-state index contributed by atoms with van der Waals surface area (Å²) in [4.78, 5) is 12.6. The minimum absolute atomic E-state index is 0.0203. The molecule has 1 aliphatic rings. The molecule has 0 radical (unpaired) electrons. The van der Waals surface area contributed by atoms with Crippen molar-refractivity contribution in [2.75, 3.05) is 20.6 Å². The Hall–Kier alpha value is -0.730. The van der Waals surface area contributed by atoms with Gasteiger partial charge in [0.2, 0.25) is 0 Å². The SMILES string of the molecule is CNC(=O)N(C)CC1CC1. The van der Waals surface area contributed by atoms with E-state index < -0.39 is 0 Å². The van der Waals surface area contributed by atoms with Crippen LogP contribution < -0.4 is 5.32 Å². The topological polar surface area (TPSA) is 32.3 Å². The Morgan fingerprint density at radius 1 is 1.70 bits per heavy atom. The molecule has 0 aliphatic heterocycles. The quantitative estimate of drug-likeness (QED) is 0.603. The molecule has 1 N–H and O–H groups in total. The van der Waals surface area contributed by atoms with Gasteiger partial charge in [0.15, 0.2) is 0 Å². The van der Waals surface area contributed by atoms with E-state index in [2.05, 4.69) is 5.32 Å². The molecule has 1 fully saturated rings. The second-order valence-corrected chi connectivity index (χ2v) is 2.88. The summed E-state index contributed by atoms with van der Waals surface area (Å²) in [5, 5.41) is 2.58. The van der Waals surface area contributed by atoms with E-state index in [1.54, 1.807) is 11.9 Å². The zero-order valence-electron chi connectivity index (χ0n) is 6.55. The van der Waals surface area contributed by atoms with Gasteiger partial charge in [0.05, 0.1) is 0 Å². The fourth-order valence-corrected chi connectivity index (χ4v) is 0.961. The molecule has 3 heteroatoms. The lowest BCUT2D eigenvalue weighted by molar-refractivity contribution is 0.209. The van der Waals surface area contributed by atoms with Gasteiger partial charge in [-0.3, -0.25) is 0 Å². The van der Waals surface area contributed by atoms with Crippen LogP contribution in [0.15, 0.2) is 0 Å². The average molecular weight is 142 g/mol. The summed E-state index contributed by atoms with van der Waals surface area (Å²) in [6.45, 7) is 0.916. The van der Waals surface area contributed by atoms with Gasteiger partial charge >= 0.3 is 6.03 Å². The molecule has 0 aromatic heterocycles. The molecule has 1 aliphatic carbocycles. The molecule has 0 unspecified atom stereocenters. The molecule has 0 saturated heterocycles. The fraction of sp³-hybridized carbons (Fsp3) is 0.857. The molecule has 0 aromatic rings. The molecule has 1 saturated carbocycles. The first-order valence-electron chi connectivity index (χ1n) is 3.67. The molecular formula is C7H14N2O. The number of urea groups is 1. The van der Waals surface area contributed by atoms with Crippen LogP contribution in [0.1, 0.15) is 12.8 Å². The third kappa shape index (κ3) is 1.90. The molecule has 1 rings (SSSR count). The summed E-state index contributed by atoms with van der Waals surface area (Å²) < 4.78 is 0. The van der Waals surface area contributed by atoms with Crippen LogP contribution in [0.4, 0.5) is 4.79 Å². The van der Waals surface area contributed by atoms with E-state index in [4.69, 9.17) is 0 Å². The number of carbonyl (C=O) groups is 1. The van der Waals surface area contributed by atoms with Gasteiger partial charge in [-0.25, -0.2) is 4.79 Å². The molecule has 0 atom stereocenters. The van der Waals surface area contributed by atoms with Gasteiger partial charge < -0.3 is 10.2 Å². The van der Waals surface area contributed by atoms with Crippen LogP contribution in [0.3, 0.4) is 0 Å². The van der Waals surface area contributed by atoms with E-state index in [0.29, 0.717) is 0 Å². The first-order valence-corrected chi connectivity index (χ1v) is 3.67. The Labute approximate surface area is 61.4 Å². The van der Waals surface area contributed by atoms with Crippen molar-refractivity contribution in [2.24, 2.45) is 5.92 Å². The highest BCUT2D eigenvalue weighted by atomic mass is 16.2. The molecule has 0 bridgehead atoms. The molecule has 2 amide bonds. The number of nitrogens with zero attached hydrogens (tertiary/aromatic N) is 1. The van der Waals surface area contributed by atoms with E-state index >= 15 is 0 Å².